The smallest absolute Gasteiger partial charge is 0.0591 e. The first kappa shape index (κ1) is 13.7. The summed E-state index contributed by atoms with van der Waals surface area (Å²) in [4.78, 5) is 5.03. The van der Waals surface area contributed by atoms with Crippen molar-refractivity contribution in [2.24, 2.45) is 0 Å². The molecule has 0 radical (unpaired) electrons. The predicted octanol–water partition coefficient (Wildman–Crippen LogP) is 6.83. The molecule has 0 spiro atoms. The largest absolute Gasteiger partial charge is 0.139 e. The summed E-state index contributed by atoms with van der Waals surface area (Å²) in [6.45, 7) is 4.22. The minimum absolute atomic E-state index is 0.890. The zero-order valence-corrected chi connectivity index (χ0v) is 14.0. The van der Waals surface area contributed by atoms with Crippen LogP contribution in [0.3, 0.4) is 0 Å². The van der Waals surface area contributed by atoms with Gasteiger partial charge >= 0.3 is 0 Å². The Morgan fingerprint density at radius 2 is 1.26 bits per heavy atom. The highest BCUT2D eigenvalue weighted by atomic mass is 35.5. The zero-order chi connectivity index (χ0) is 13.6. The lowest BCUT2D eigenvalue weighted by atomic mass is 10.1. The van der Waals surface area contributed by atoms with E-state index < -0.39 is 0 Å². The van der Waals surface area contributed by atoms with E-state index in [0.717, 1.165) is 22.9 Å². The van der Waals surface area contributed by atoms with Crippen LogP contribution in [0.15, 0.2) is 12.1 Å². The fourth-order valence-electron chi connectivity index (χ4n) is 2.62. The number of aryl methyl sites for hydroxylation is 2. The average molecular weight is 329 g/mol. The van der Waals surface area contributed by atoms with E-state index in [1.165, 1.54) is 37.1 Å². The second-order valence-electron chi connectivity index (χ2n) is 4.88. The van der Waals surface area contributed by atoms with Crippen molar-refractivity contribution in [1.29, 1.82) is 0 Å². The second-order valence-corrected chi connectivity index (χ2v) is 8.21. The monoisotopic (exact) mass is 328 g/mol. The summed E-state index contributed by atoms with van der Waals surface area (Å²) in [6, 6.07) is 4.12. The summed E-state index contributed by atoms with van der Waals surface area (Å²) < 4.78 is 0. The van der Waals surface area contributed by atoms with Crippen molar-refractivity contribution in [3.05, 3.63) is 41.7 Å². The molecule has 19 heavy (non-hydrogen) atoms. The van der Waals surface area contributed by atoms with Crippen LogP contribution in [-0.4, -0.2) is 0 Å². The molecule has 2 heterocycles. The molecule has 0 amide bonds. The highest BCUT2D eigenvalue weighted by Crippen LogP contribution is 2.48. The Morgan fingerprint density at radius 1 is 0.842 bits per heavy atom. The molecular formula is C15H14Cl2S2. The lowest BCUT2D eigenvalue weighted by Gasteiger charge is -2.05. The minimum atomic E-state index is 0.890. The molecule has 1 aliphatic rings. The van der Waals surface area contributed by atoms with E-state index in [2.05, 4.69) is 26.0 Å². The van der Waals surface area contributed by atoms with Crippen molar-refractivity contribution in [2.45, 2.75) is 33.1 Å². The third-order valence-corrected chi connectivity index (χ3v) is 6.43. The van der Waals surface area contributed by atoms with E-state index in [9.17, 15) is 0 Å². The molecule has 3 rings (SSSR count). The molecule has 0 aliphatic heterocycles. The highest BCUT2D eigenvalue weighted by Gasteiger charge is 2.23. The van der Waals surface area contributed by atoms with E-state index in [4.69, 9.17) is 23.2 Å². The lowest BCUT2D eigenvalue weighted by molar-refractivity contribution is 0.944. The fraction of sp³-hybridized carbons (Fsp3) is 0.333. The molecule has 1 aliphatic carbocycles. The molecule has 0 aromatic carbocycles. The molecule has 0 saturated carbocycles. The second kappa shape index (κ2) is 5.25. The Bertz CT molecular complexity index is 605. The van der Waals surface area contributed by atoms with Gasteiger partial charge in [-0.25, -0.2) is 0 Å². The van der Waals surface area contributed by atoms with Gasteiger partial charge in [-0.05, 0) is 56.4 Å². The van der Waals surface area contributed by atoms with Gasteiger partial charge in [0.1, 0.15) is 0 Å². The van der Waals surface area contributed by atoms with Crippen molar-refractivity contribution >= 4 is 57.0 Å². The number of hydrogen-bond donors (Lipinski definition) is 0. The van der Waals surface area contributed by atoms with Gasteiger partial charge in [-0.1, -0.05) is 23.2 Å². The first-order valence-electron chi connectivity index (χ1n) is 6.31. The van der Waals surface area contributed by atoms with E-state index >= 15 is 0 Å². The van der Waals surface area contributed by atoms with E-state index in [0.29, 0.717) is 0 Å². The van der Waals surface area contributed by atoms with E-state index in [1.807, 2.05) is 0 Å². The molecule has 0 nitrogen and oxygen atoms in total. The molecule has 0 unspecified atom stereocenters. The maximum Gasteiger partial charge on any atom is 0.0591 e. The van der Waals surface area contributed by atoms with Gasteiger partial charge in [0, 0.05) is 19.5 Å². The predicted molar refractivity (Wildman–Crippen MR) is 88.8 cm³/mol. The first-order chi connectivity index (χ1) is 9.06. The Kier molecular flexibility index (Phi) is 3.78. The van der Waals surface area contributed by atoms with Crippen LogP contribution in [0.4, 0.5) is 0 Å². The summed E-state index contributed by atoms with van der Waals surface area (Å²) >= 11 is 16.3. The van der Waals surface area contributed by atoms with E-state index in [-0.39, 0.29) is 0 Å². The third-order valence-electron chi connectivity index (χ3n) is 3.39. The van der Waals surface area contributed by atoms with Crippen LogP contribution in [-0.2, 0) is 0 Å². The quantitative estimate of drug-likeness (QED) is 0.566. The molecule has 100 valence electrons. The number of thiophene rings is 2. The van der Waals surface area contributed by atoms with Gasteiger partial charge in [-0.2, -0.15) is 0 Å². The Morgan fingerprint density at radius 3 is 1.58 bits per heavy atom. The average Bonchev–Trinajstić information content (AvgIpc) is 2.98. The van der Waals surface area contributed by atoms with Crippen molar-refractivity contribution in [3.63, 3.8) is 0 Å². The van der Waals surface area contributed by atoms with Gasteiger partial charge in [0.05, 0.1) is 10.0 Å². The molecule has 2 aromatic heterocycles. The molecule has 0 atom stereocenters. The SMILES string of the molecule is Cc1cc(Cl)c(C2=C(c3sc(C)cc3Cl)CCC2)s1. The number of rotatable bonds is 2. The molecule has 2 aromatic rings. The summed E-state index contributed by atoms with van der Waals surface area (Å²) in [5.41, 5.74) is 2.82. The number of halogens is 2. The first-order valence-corrected chi connectivity index (χ1v) is 8.70. The van der Waals surface area contributed by atoms with Crippen LogP contribution < -0.4 is 0 Å². The van der Waals surface area contributed by atoms with Crippen LogP contribution in [0, 0.1) is 13.8 Å². The van der Waals surface area contributed by atoms with Crippen molar-refractivity contribution in [3.8, 4) is 0 Å². The van der Waals surface area contributed by atoms with E-state index in [1.54, 1.807) is 22.7 Å². The van der Waals surface area contributed by atoms with Crippen LogP contribution in [0.1, 0.15) is 38.8 Å². The van der Waals surface area contributed by atoms with Crippen molar-refractivity contribution in [2.75, 3.05) is 0 Å². The summed E-state index contributed by atoms with van der Waals surface area (Å²) in [5.74, 6) is 0. The van der Waals surface area contributed by atoms with Crippen molar-refractivity contribution < 1.29 is 0 Å². The van der Waals surface area contributed by atoms with Crippen molar-refractivity contribution in [1.82, 2.24) is 0 Å². The van der Waals surface area contributed by atoms with Crippen LogP contribution >= 0.6 is 45.9 Å². The summed E-state index contributed by atoms with van der Waals surface area (Å²) in [5, 5.41) is 1.78. The van der Waals surface area contributed by atoms with Gasteiger partial charge in [0.25, 0.3) is 0 Å². The number of hydrogen-bond acceptors (Lipinski definition) is 2. The maximum atomic E-state index is 6.37. The standard InChI is InChI=1S/C15H14Cl2S2/c1-8-6-12(16)14(18-8)10-4-3-5-11(10)15-13(17)7-9(2)19-15/h6-7H,3-5H2,1-2H3. The Hall–Kier alpha value is -0.280. The van der Waals surface area contributed by atoms with Gasteiger partial charge in [-0.15, -0.1) is 22.7 Å². The number of allylic oxidation sites excluding steroid dienone is 2. The van der Waals surface area contributed by atoms with Gasteiger partial charge in [-0.3, -0.25) is 0 Å². The fourth-order valence-corrected chi connectivity index (χ4v) is 5.55. The Balaban J connectivity index is 2.15. The molecule has 0 N–H and O–H groups in total. The summed E-state index contributed by atoms with van der Waals surface area (Å²) in [6.07, 6.45) is 3.43. The van der Waals surface area contributed by atoms with Crippen LogP contribution in [0.2, 0.25) is 10.0 Å². The minimum Gasteiger partial charge on any atom is -0.139 e. The maximum absolute atomic E-state index is 6.37. The normalized spacial score (nSPS) is 15.6. The topological polar surface area (TPSA) is 0 Å². The van der Waals surface area contributed by atoms with Gasteiger partial charge in [0.2, 0.25) is 0 Å². The molecule has 0 fully saturated rings. The highest BCUT2D eigenvalue weighted by molar-refractivity contribution is 7.14. The Labute approximate surface area is 131 Å². The summed E-state index contributed by atoms with van der Waals surface area (Å²) in [7, 11) is 0. The lowest BCUT2D eigenvalue weighted by Crippen LogP contribution is -1.81. The zero-order valence-electron chi connectivity index (χ0n) is 10.8. The third kappa shape index (κ3) is 2.52. The van der Waals surface area contributed by atoms with Crippen LogP contribution in [0.5, 0.6) is 0 Å². The molecule has 0 bridgehead atoms. The van der Waals surface area contributed by atoms with Gasteiger partial charge < -0.3 is 0 Å². The van der Waals surface area contributed by atoms with Crippen LogP contribution in [0.25, 0.3) is 11.1 Å². The molecular weight excluding hydrogens is 315 g/mol. The van der Waals surface area contributed by atoms with Gasteiger partial charge in [0.15, 0.2) is 0 Å². The molecule has 0 saturated heterocycles. The molecule has 4 heteroatoms.